The van der Waals surface area contributed by atoms with Crippen LogP contribution in [0.3, 0.4) is 0 Å². The van der Waals surface area contributed by atoms with Gasteiger partial charge >= 0.3 is 0 Å². The zero-order valence-corrected chi connectivity index (χ0v) is 21.1. The van der Waals surface area contributed by atoms with Gasteiger partial charge in [0.15, 0.2) is 0 Å². The predicted octanol–water partition coefficient (Wildman–Crippen LogP) is 8.10. The van der Waals surface area contributed by atoms with E-state index in [9.17, 15) is 5.11 Å². The second-order valence-electron chi connectivity index (χ2n) is 13.3. The Kier molecular flexibility index (Phi) is 6.72. The molecule has 10 atom stereocenters. The fourth-order valence-electron chi connectivity index (χ4n) is 9.90. The summed E-state index contributed by atoms with van der Waals surface area (Å²) in [7, 11) is 0. The van der Waals surface area contributed by atoms with Crippen LogP contribution in [-0.4, -0.2) is 11.2 Å². The average Bonchev–Trinajstić information content (AvgIpc) is 3.06. The van der Waals surface area contributed by atoms with Crippen LogP contribution in [0.2, 0.25) is 0 Å². The van der Waals surface area contributed by atoms with E-state index in [0.717, 1.165) is 60.2 Å². The second kappa shape index (κ2) is 8.72. The minimum absolute atomic E-state index is 0.0111. The summed E-state index contributed by atoms with van der Waals surface area (Å²) in [6.45, 7) is 15.2. The first kappa shape index (κ1) is 23.1. The molecule has 0 aliphatic heterocycles. The van der Waals surface area contributed by atoms with Crippen molar-refractivity contribution in [1.82, 2.24) is 0 Å². The zero-order chi connectivity index (χ0) is 21.7. The summed E-state index contributed by atoms with van der Waals surface area (Å²) in [5.74, 6) is 7.34. The Labute approximate surface area is 188 Å². The van der Waals surface area contributed by atoms with Gasteiger partial charge in [-0.1, -0.05) is 54.4 Å². The zero-order valence-electron chi connectivity index (χ0n) is 21.1. The van der Waals surface area contributed by atoms with Gasteiger partial charge in [-0.25, -0.2) is 0 Å². The van der Waals surface area contributed by atoms with Gasteiger partial charge in [0, 0.05) is 0 Å². The summed E-state index contributed by atoms with van der Waals surface area (Å²) in [6.07, 6.45) is 16.5. The molecule has 0 heterocycles. The number of hydrogen-bond donors (Lipinski definition) is 1. The lowest BCUT2D eigenvalue weighted by molar-refractivity contribution is -0.129. The topological polar surface area (TPSA) is 20.2 Å². The van der Waals surface area contributed by atoms with Gasteiger partial charge in [0.1, 0.15) is 0 Å². The van der Waals surface area contributed by atoms with E-state index in [0.29, 0.717) is 10.8 Å². The Hall–Kier alpha value is -0.0400. The highest BCUT2D eigenvalue weighted by Gasteiger charge is 2.60. The molecule has 0 aromatic rings. The quantitative estimate of drug-likeness (QED) is 0.463. The molecular formula is C29H52O. The molecule has 0 aromatic carbocycles. The fourth-order valence-corrected chi connectivity index (χ4v) is 9.90. The number of rotatable bonds is 6. The van der Waals surface area contributed by atoms with Crippen LogP contribution in [-0.2, 0) is 0 Å². The summed E-state index contributed by atoms with van der Waals surface area (Å²) in [6, 6.07) is 0. The molecule has 4 aliphatic carbocycles. The summed E-state index contributed by atoms with van der Waals surface area (Å²) < 4.78 is 0. The third-order valence-electron chi connectivity index (χ3n) is 11.9. The largest absolute Gasteiger partial charge is 0.393 e. The number of aliphatic hydroxyl groups excluding tert-OH is 1. The second-order valence-corrected chi connectivity index (χ2v) is 13.3. The van der Waals surface area contributed by atoms with Crippen molar-refractivity contribution in [2.45, 2.75) is 125 Å². The molecule has 174 valence electrons. The van der Waals surface area contributed by atoms with Crippen LogP contribution < -0.4 is 0 Å². The first-order valence-corrected chi connectivity index (χ1v) is 13.9. The van der Waals surface area contributed by atoms with Crippen molar-refractivity contribution < 1.29 is 5.11 Å². The molecule has 0 unspecified atom stereocenters. The van der Waals surface area contributed by atoms with E-state index in [-0.39, 0.29) is 6.10 Å². The number of fused-ring (bicyclic) bond motifs is 5. The van der Waals surface area contributed by atoms with Crippen molar-refractivity contribution in [1.29, 1.82) is 0 Å². The van der Waals surface area contributed by atoms with Crippen molar-refractivity contribution in [2.75, 3.05) is 0 Å². The highest BCUT2D eigenvalue weighted by Crippen LogP contribution is 2.68. The first-order chi connectivity index (χ1) is 14.2. The molecule has 30 heavy (non-hydrogen) atoms. The van der Waals surface area contributed by atoms with Gasteiger partial charge in [-0.3, -0.25) is 0 Å². The number of aliphatic hydroxyl groups is 1. The first-order valence-electron chi connectivity index (χ1n) is 13.9. The van der Waals surface area contributed by atoms with Crippen LogP contribution in [0.25, 0.3) is 0 Å². The van der Waals surface area contributed by atoms with Crippen LogP contribution in [0.5, 0.6) is 0 Å². The molecule has 4 saturated carbocycles. The van der Waals surface area contributed by atoms with Crippen LogP contribution >= 0.6 is 0 Å². The van der Waals surface area contributed by atoms with Gasteiger partial charge in [-0.05, 0) is 122 Å². The molecular weight excluding hydrogens is 364 g/mol. The Morgan fingerprint density at radius 3 is 2.23 bits per heavy atom. The maximum atomic E-state index is 10.3. The highest BCUT2D eigenvalue weighted by atomic mass is 16.3. The molecule has 4 aliphatic rings. The molecule has 0 aromatic heterocycles. The van der Waals surface area contributed by atoms with Gasteiger partial charge in [0.25, 0.3) is 0 Å². The van der Waals surface area contributed by atoms with Gasteiger partial charge in [0.05, 0.1) is 6.10 Å². The van der Waals surface area contributed by atoms with Gasteiger partial charge in [-0.2, -0.15) is 0 Å². The fraction of sp³-hybridized carbons (Fsp3) is 1.00. The van der Waals surface area contributed by atoms with Gasteiger partial charge in [0.2, 0.25) is 0 Å². The average molecular weight is 417 g/mol. The van der Waals surface area contributed by atoms with Crippen molar-refractivity contribution in [3.8, 4) is 0 Å². The molecule has 0 radical (unpaired) electrons. The number of hydrogen-bond acceptors (Lipinski definition) is 1. The third kappa shape index (κ3) is 3.82. The van der Waals surface area contributed by atoms with Crippen molar-refractivity contribution >= 4 is 0 Å². The van der Waals surface area contributed by atoms with Crippen molar-refractivity contribution in [3.63, 3.8) is 0 Å². The van der Waals surface area contributed by atoms with Crippen molar-refractivity contribution in [3.05, 3.63) is 0 Å². The van der Waals surface area contributed by atoms with E-state index in [1.165, 1.54) is 64.2 Å². The third-order valence-corrected chi connectivity index (χ3v) is 11.9. The normalized spacial score (nSPS) is 48.0. The molecule has 0 saturated heterocycles. The summed E-state index contributed by atoms with van der Waals surface area (Å²) in [5.41, 5.74) is 1.14. The Morgan fingerprint density at radius 1 is 0.833 bits per heavy atom. The Morgan fingerprint density at radius 2 is 1.53 bits per heavy atom. The SMILES string of the molecule is CC[C@H](CC[C@H](C)[C@H]1CC[C@@H]2[C@H]3CC[C@H]4C[C@@H](O)CC[C@]4(C)[C@@H]3CC[C@@]21C)C(C)C. The van der Waals surface area contributed by atoms with E-state index in [4.69, 9.17) is 0 Å². The molecule has 1 heteroatoms. The standard InChI is InChI=1S/C29H52O/c1-7-21(19(2)3)9-8-20(4)25-12-13-26-24-11-10-22-18-23(30)14-16-28(22,5)27(24)15-17-29(25,26)6/h19-27,30H,7-18H2,1-6H3/t20-,21+,22-,23-,24+,25+,26+,27+,28-,29+/m0/s1. The van der Waals surface area contributed by atoms with Crippen LogP contribution in [0.4, 0.5) is 0 Å². The van der Waals surface area contributed by atoms with E-state index in [1.807, 2.05) is 0 Å². The summed E-state index contributed by atoms with van der Waals surface area (Å²) in [4.78, 5) is 0. The molecule has 0 amide bonds. The van der Waals surface area contributed by atoms with Gasteiger partial charge < -0.3 is 5.11 Å². The smallest absolute Gasteiger partial charge is 0.0543 e. The summed E-state index contributed by atoms with van der Waals surface area (Å²) >= 11 is 0. The Balaban J connectivity index is 1.45. The lowest BCUT2D eigenvalue weighted by Crippen LogP contribution is -2.54. The van der Waals surface area contributed by atoms with Crippen LogP contribution in [0, 0.1) is 58.2 Å². The van der Waals surface area contributed by atoms with E-state index < -0.39 is 0 Å². The molecule has 1 N–H and O–H groups in total. The minimum Gasteiger partial charge on any atom is -0.393 e. The summed E-state index contributed by atoms with van der Waals surface area (Å²) in [5, 5.41) is 10.3. The molecule has 4 rings (SSSR count). The maximum Gasteiger partial charge on any atom is 0.0543 e. The van der Waals surface area contributed by atoms with E-state index in [2.05, 4.69) is 41.5 Å². The lowest BCUT2D eigenvalue weighted by atomic mass is 9.44. The lowest BCUT2D eigenvalue weighted by Gasteiger charge is -2.61. The van der Waals surface area contributed by atoms with E-state index >= 15 is 0 Å². The van der Waals surface area contributed by atoms with Crippen LogP contribution in [0.15, 0.2) is 0 Å². The highest BCUT2D eigenvalue weighted by molar-refractivity contribution is 5.09. The van der Waals surface area contributed by atoms with Crippen LogP contribution in [0.1, 0.15) is 119 Å². The maximum absolute atomic E-state index is 10.3. The molecule has 1 nitrogen and oxygen atoms in total. The molecule has 4 fully saturated rings. The predicted molar refractivity (Wildman–Crippen MR) is 128 cm³/mol. The Bertz CT molecular complexity index is 583. The minimum atomic E-state index is -0.0111. The molecule has 0 spiro atoms. The van der Waals surface area contributed by atoms with Gasteiger partial charge in [-0.15, -0.1) is 0 Å². The molecule has 0 bridgehead atoms. The van der Waals surface area contributed by atoms with Crippen molar-refractivity contribution in [2.24, 2.45) is 58.2 Å². The van der Waals surface area contributed by atoms with E-state index in [1.54, 1.807) is 0 Å². The monoisotopic (exact) mass is 416 g/mol.